The number of carboxylic acids is 1. The van der Waals surface area contributed by atoms with E-state index in [2.05, 4.69) is 10.7 Å². The maximum absolute atomic E-state index is 13.1. The fourth-order valence-electron chi connectivity index (χ4n) is 3.08. The van der Waals surface area contributed by atoms with Crippen LogP contribution in [-0.4, -0.2) is 35.1 Å². The second-order valence-electron chi connectivity index (χ2n) is 6.81. The van der Waals surface area contributed by atoms with Crippen LogP contribution in [0.3, 0.4) is 0 Å². The zero-order valence-electron chi connectivity index (χ0n) is 16.3. The highest BCUT2D eigenvalue weighted by Gasteiger charge is 2.33. The maximum Gasteiger partial charge on any atom is 0.335 e. The van der Waals surface area contributed by atoms with Crippen molar-refractivity contribution < 1.29 is 23.8 Å². The summed E-state index contributed by atoms with van der Waals surface area (Å²) >= 11 is 0. The van der Waals surface area contributed by atoms with Crippen LogP contribution in [0.15, 0.2) is 60.0 Å². The number of hydrazine groups is 1. The van der Waals surface area contributed by atoms with E-state index in [1.54, 1.807) is 24.2 Å². The molecule has 1 aliphatic heterocycles. The van der Waals surface area contributed by atoms with E-state index in [1.165, 1.54) is 36.4 Å². The Labute approximate surface area is 167 Å². The molecule has 29 heavy (non-hydrogen) atoms. The second kappa shape index (κ2) is 8.32. The fourth-order valence-corrected chi connectivity index (χ4v) is 3.08. The summed E-state index contributed by atoms with van der Waals surface area (Å²) in [5, 5.41) is 13.5. The van der Waals surface area contributed by atoms with Gasteiger partial charge >= 0.3 is 5.97 Å². The largest absolute Gasteiger partial charge is 0.478 e. The Morgan fingerprint density at radius 2 is 1.79 bits per heavy atom. The van der Waals surface area contributed by atoms with Crippen molar-refractivity contribution >= 4 is 11.9 Å². The number of hydrogen-bond donors (Lipinski definition) is 3. The molecule has 1 amide bonds. The lowest BCUT2D eigenvalue weighted by Crippen LogP contribution is -2.36. The number of rotatable bonds is 6. The quantitative estimate of drug-likeness (QED) is 0.692. The van der Waals surface area contributed by atoms with Gasteiger partial charge in [0.25, 0.3) is 5.91 Å². The van der Waals surface area contributed by atoms with E-state index in [0.717, 1.165) is 5.56 Å². The van der Waals surface area contributed by atoms with Crippen molar-refractivity contribution in [2.24, 2.45) is 0 Å². The minimum Gasteiger partial charge on any atom is -0.478 e. The number of halogens is 1. The van der Waals surface area contributed by atoms with Crippen molar-refractivity contribution in [2.45, 2.75) is 25.9 Å². The summed E-state index contributed by atoms with van der Waals surface area (Å²) in [5.74, 6) is -0.962. The molecule has 7 nitrogen and oxygen atoms in total. The number of carbonyl (C=O) groups excluding carboxylic acids is 1. The minimum absolute atomic E-state index is 0.181. The summed E-state index contributed by atoms with van der Waals surface area (Å²) in [4.78, 5) is 23.9. The molecule has 0 bridgehead atoms. The van der Waals surface area contributed by atoms with Gasteiger partial charge in [-0.3, -0.25) is 9.80 Å². The predicted molar refractivity (Wildman–Crippen MR) is 104 cm³/mol. The third-order valence-electron chi connectivity index (χ3n) is 4.63. The Kier molecular flexibility index (Phi) is 5.84. The average molecular weight is 399 g/mol. The third-order valence-corrected chi connectivity index (χ3v) is 4.63. The van der Waals surface area contributed by atoms with Crippen molar-refractivity contribution in [3.05, 3.63) is 76.9 Å². The molecule has 0 fully saturated rings. The summed E-state index contributed by atoms with van der Waals surface area (Å²) in [5.41, 5.74) is 4.46. The standard InChI is InChI=1S/C21H22FN3O4/c1-12(14-4-6-15(7-5-14)21(27)28)23-19(26)18-13(2)24-25(3)20(18)29-17-10-8-16(22)9-11-17/h4-13,24H,1-3H3,(H,23,26)(H,27,28)/t12-,13?/m0/s1. The van der Waals surface area contributed by atoms with Crippen molar-refractivity contribution in [1.29, 1.82) is 0 Å². The maximum atomic E-state index is 13.1. The van der Waals surface area contributed by atoms with E-state index in [-0.39, 0.29) is 29.4 Å². The Morgan fingerprint density at radius 3 is 2.38 bits per heavy atom. The van der Waals surface area contributed by atoms with Gasteiger partial charge < -0.3 is 15.2 Å². The van der Waals surface area contributed by atoms with E-state index in [0.29, 0.717) is 17.2 Å². The lowest BCUT2D eigenvalue weighted by atomic mass is 10.0. The zero-order chi connectivity index (χ0) is 21.1. The summed E-state index contributed by atoms with van der Waals surface area (Å²) in [6.07, 6.45) is 0. The molecule has 0 saturated carbocycles. The lowest BCUT2D eigenvalue weighted by Gasteiger charge is -2.18. The van der Waals surface area contributed by atoms with E-state index in [9.17, 15) is 14.0 Å². The van der Waals surface area contributed by atoms with Crippen LogP contribution in [0.1, 0.15) is 35.8 Å². The second-order valence-corrected chi connectivity index (χ2v) is 6.81. The monoisotopic (exact) mass is 399 g/mol. The zero-order valence-corrected chi connectivity index (χ0v) is 16.3. The van der Waals surface area contributed by atoms with Crippen LogP contribution in [0.4, 0.5) is 4.39 Å². The van der Waals surface area contributed by atoms with Gasteiger partial charge in [0.15, 0.2) is 0 Å². The van der Waals surface area contributed by atoms with E-state index in [1.807, 2.05) is 13.8 Å². The van der Waals surface area contributed by atoms with Crippen LogP contribution in [-0.2, 0) is 4.79 Å². The number of aromatic carboxylic acids is 1. The van der Waals surface area contributed by atoms with Crippen LogP contribution in [0.2, 0.25) is 0 Å². The molecule has 152 valence electrons. The van der Waals surface area contributed by atoms with Gasteiger partial charge in [-0.25, -0.2) is 14.6 Å². The molecular formula is C21H22FN3O4. The third kappa shape index (κ3) is 4.55. The molecule has 0 saturated heterocycles. The Balaban J connectivity index is 1.79. The van der Waals surface area contributed by atoms with E-state index in [4.69, 9.17) is 9.84 Å². The molecule has 2 atom stereocenters. The van der Waals surface area contributed by atoms with Crippen LogP contribution >= 0.6 is 0 Å². The summed E-state index contributed by atoms with van der Waals surface area (Å²) in [7, 11) is 1.73. The van der Waals surface area contributed by atoms with Gasteiger partial charge in [0.2, 0.25) is 5.88 Å². The molecule has 8 heteroatoms. The molecule has 0 aliphatic carbocycles. The van der Waals surface area contributed by atoms with Crippen LogP contribution in [0, 0.1) is 5.82 Å². The molecule has 0 aromatic heterocycles. The first-order valence-corrected chi connectivity index (χ1v) is 9.08. The number of ether oxygens (including phenoxy) is 1. The lowest BCUT2D eigenvalue weighted by molar-refractivity contribution is -0.118. The Morgan fingerprint density at radius 1 is 1.17 bits per heavy atom. The molecule has 0 spiro atoms. The van der Waals surface area contributed by atoms with Crippen LogP contribution in [0.25, 0.3) is 0 Å². The smallest absolute Gasteiger partial charge is 0.335 e. The molecule has 1 unspecified atom stereocenters. The van der Waals surface area contributed by atoms with Gasteiger partial charge in [0.1, 0.15) is 11.6 Å². The number of hydrogen-bond acceptors (Lipinski definition) is 5. The van der Waals surface area contributed by atoms with Crippen molar-refractivity contribution in [2.75, 3.05) is 7.05 Å². The molecular weight excluding hydrogens is 377 g/mol. The van der Waals surface area contributed by atoms with Gasteiger partial charge in [0, 0.05) is 7.05 Å². The van der Waals surface area contributed by atoms with E-state index < -0.39 is 5.97 Å². The van der Waals surface area contributed by atoms with Crippen LogP contribution < -0.4 is 15.5 Å². The topological polar surface area (TPSA) is 90.9 Å². The average Bonchev–Trinajstić information content (AvgIpc) is 2.96. The van der Waals surface area contributed by atoms with Gasteiger partial charge in [-0.2, -0.15) is 0 Å². The molecule has 0 radical (unpaired) electrons. The minimum atomic E-state index is -1.00. The molecule has 2 aromatic rings. The molecule has 2 aromatic carbocycles. The van der Waals surface area contributed by atoms with Gasteiger partial charge in [-0.05, 0) is 55.8 Å². The normalized spacial score (nSPS) is 17.2. The molecule has 1 heterocycles. The molecule has 3 rings (SSSR count). The van der Waals surface area contributed by atoms with Crippen LogP contribution in [0.5, 0.6) is 5.75 Å². The highest BCUT2D eigenvalue weighted by atomic mass is 19.1. The van der Waals surface area contributed by atoms with Crippen molar-refractivity contribution in [3.63, 3.8) is 0 Å². The number of amides is 1. The van der Waals surface area contributed by atoms with Gasteiger partial charge in [-0.15, -0.1) is 0 Å². The highest BCUT2D eigenvalue weighted by molar-refractivity contribution is 5.95. The number of benzene rings is 2. The highest BCUT2D eigenvalue weighted by Crippen LogP contribution is 2.25. The molecule has 1 aliphatic rings. The first-order chi connectivity index (χ1) is 13.8. The summed E-state index contributed by atoms with van der Waals surface area (Å²) in [6.45, 7) is 3.64. The van der Waals surface area contributed by atoms with Gasteiger partial charge in [0.05, 0.1) is 23.2 Å². The number of carbonyl (C=O) groups is 2. The summed E-state index contributed by atoms with van der Waals surface area (Å²) < 4.78 is 19.0. The summed E-state index contributed by atoms with van der Waals surface area (Å²) in [6, 6.07) is 11.2. The van der Waals surface area contributed by atoms with Crippen molar-refractivity contribution in [1.82, 2.24) is 15.8 Å². The number of nitrogens with zero attached hydrogens (tertiary/aromatic N) is 1. The molecule has 3 N–H and O–H groups in total. The number of carboxylic acid groups (broad SMARTS) is 1. The SMILES string of the molecule is CC1NN(C)C(Oc2ccc(F)cc2)=C1C(=O)N[C@@H](C)c1ccc(C(=O)O)cc1. The number of nitrogens with one attached hydrogen (secondary N) is 2. The van der Waals surface area contributed by atoms with Crippen molar-refractivity contribution in [3.8, 4) is 5.75 Å². The Bertz CT molecular complexity index is 941. The first-order valence-electron chi connectivity index (χ1n) is 9.08. The van der Waals surface area contributed by atoms with Gasteiger partial charge in [-0.1, -0.05) is 12.1 Å². The fraction of sp³-hybridized carbons (Fsp3) is 0.238. The first kappa shape index (κ1) is 20.3. The predicted octanol–water partition coefficient (Wildman–Crippen LogP) is 2.83. The van der Waals surface area contributed by atoms with E-state index >= 15 is 0 Å². The Hall–Kier alpha value is -3.39.